The first-order chi connectivity index (χ1) is 3.91. The number of hydrogen-bond donors (Lipinski definition) is 0. The van der Waals surface area contributed by atoms with E-state index in [1.165, 1.54) is 6.08 Å². The molecule has 0 fully saturated rings. The zero-order chi connectivity index (χ0) is 6.24. The molecule has 0 aliphatic rings. The van der Waals surface area contributed by atoms with Crippen molar-refractivity contribution in [3.05, 3.63) is 37.0 Å². The van der Waals surface area contributed by atoms with E-state index in [9.17, 15) is 0 Å². The zero-order valence-electron chi connectivity index (χ0n) is 4.54. The maximum absolute atomic E-state index is 7.97. The largest absolute Gasteiger partial charge is 0.193 e. The minimum Gasteiger partial charge on any atom is -0.193 e. The van der Waals surface area contributed by atoms with E-state index in [1.807, 2.05) is 6.07 Å². The first-order valence-electron chi connectivity index (χ1n) is 2.25. The second kappa shape index (κ2) is 5.71. The summed E-state index contributed by atoms with van der Waals surface area (Å²) in [5, 5.41) is 7.97. The van der Waals surface area contributed by atoms with Crippen molar-refractivity contribution in [3.63, 3.8) is 0 Å². The fourth-order valence-electron chi connectivity index (χ4n) is 0.241. The molecule has 0 aliphatic carbocycles. The summed E-state index contributed by atoms with van der Waals surface area (Å²) in [4.78, 5) is 0. The Morgan fingerprint density at radius 1 is 1.25 bits per heavy atom. The fourth-order valence-corrected chi connectivity index (χ4v) is 0.241. The SMILES string of the molecule is C=C/C=C\C=C\C#N. The van der Waals surface area contributed by atoms with Crippen molar-refractivity contribution in [2.45, 2.75) is 0 Å². The lowest BCUT2D eigenvalue weighted by Crippen LogP contribution is -1.45. The third kappa shape index (κ3) is 4.71. The average molecular weight is 105 g/mol. The Balaban J connectivity index is 3.46. The second-order valence-corrected chi connectivity index (χ2v) is 1.11. The molecule has 0 atom stereocenters. The predicted molar refractivity (Wildman–Crippen MR) is 34.1 cm³/mol. The van der Waals surface area contributed by atoms with E-state index in [0.717, 1.165) is 0 Å². The number of rotatable bonds is 2. The predicted octanol–water partition coefficient (Wildman–Crippen LogP) is 1.81. The fraction of sp³-hybridized carbons (Fsp3) is 0. The molecule has 0 aromatic rings. The van der Waals surface area contributed by atoms with Gasteiger partial charge in [-0.15, -0.1) is 0 Å². The summed E-state index contributed by atoms with van der Waals surface area (Å²) in [6, 6.07) is 1.86. The summed E-state index contributed by atoms with van der Waals surface area (Å²) in [6.45, 7) is 3.45. The first kappa shape index (κ1) is 6.71. The monoisotopic (exact) mass is 105 g/mol. The standard InChI is InChI=1S/C7H7N/c1-2-3-4-5-6-7-8/h2-6H,1H2/b4-3-,6-5+. The third-order valence-electron chi connectivity index (χ3n) is 0.529. The molecule has 0 saturated carbocycles. The summed E-state index contributed by atoms with van der Waals surface area (Å²) in [6.07, 6.45) is 8.22. The maximum atomic E-state index is 7.97. The molecule has 0 spiro atoms. The summed E-state index contributed by atoms with van der Waals surface area (Å²) < 4.78 is 0. The summed E-state index contributed by atoms with van der Waals surface area (Å²) >= 11 is 0. The summed E-state index contributed by atoms with van der Waals surface area (Å²) in [7, 11) is 0. The molecule has 1 heteroatoms. The minimum absolute atomic E-state index is 1.40. The van der Waals surface area contributed by atoms with Crippen LogP contribution in [0.2, 0.25) is 0 Å². The molecule has 0 bridgehead atoms. The van der Waals surface area contributed by atoms with Crippen LogP contribution in [0.1, 0.15) is 0 Å². The van der Waals surface area contributed by atoms with Crippen LogP contribution < -0.4 is 0 Å². The topological polar surface area (TPSA) is 23.8 Å². The molecule has 8 heavy (non-hydrogen) atoms. The first-order valence-corrected chi connectivity index (χ1v) is 2.25. The van der Waals surface area contributed by atoms with Crippen molar-refractivity contribution < 1.29 is 0 Å². The Kier molecular flexibility index (Phi) is 4.79. The molecule has 0 unspecified atom stereocenters. The van der Waals surface area contributed by atoms with Gasteiger partial charge in [0.2, 0.25) is 0 Å². The van der Waals surface area contributed by atoms with E-state index in [4.69, 9.17) is 5.26 Å². The highest BCUT2D eigenvalue weighted by atomic mass is 14.2. The van der Waals surface area contributed by atoms with Gasteiger partial charge in [0, 0.05) is 6.08 Å². The summed E-state index contributed by atoms with van der Waals surface area (Å²) in [5.74, 6) is 0. The molecule has 0 aliphatic heterocycles. The lowest BCUT2D eigenvalue weighted by atomic mass is 10.4. The number of hydrogen-bond acceptors (Lipinski definition) is 1. The Labute approximate surface area is 49.3 Å². The van der Waals surface area contributed by atoms with E-state index in [1.54, 1.807) is 24.3 Å². The van der Waals surface area contributed by atoms with Gasteiger partial charge in [0.25, 0.3) is 0 Å². The van der Waals surface area contributed by atoms with Gasteiger partial charge < -0.3 is 0 Å². The molecule has 0 saturated heterocycles. The minimum atomic E-state index is 1.40. The van der Waals surface area contributed by atoms with Crippen LogP contribution in [0.15, 0.2) is 37.0 Å². The lowest BCUT2D eigenvalue weighted by molar-refractivity contribution is 1.53. The van der Waals surface area contributed by atoms with Crippen LogP contribution in [0.5, 0.6) is 0 Å². The van der Waals surface area contributed by atoms with Crippen molar-refractivity contribution in [3.8, 4) is 6.07 Å². The normalized spacial score (nSPS) is 9.88. The van der Waals surface area contributed by atoms with Gasteiger partial charge in [0.15, 0.2) is 0 Å². The zero-order valence-corrected chi connectivity index (χ0v) is 4.54. The van der Waals surface area contributed by atoms with Gasteiger partial charge in [-0.1, -0.05) is 30.9 Å². The van der Waals surface area contributed by atoms with Crippen molar-refractivity contribution in [2.75, 3.05) is 0 Å². The smallest absolute Gasteiger partial charge is 0.0912 e. The van der Waals surface area contributed by atoms with E-state index in [-0.39, 0.29) is 0 Å². The van der Waals surface area contributed by atoms with Gasteiger partial charge >= 0.3 is 0 Å². The average Bonchev–Trinajstić information content (AvgIpc) is 1.81. The van der Waals surface area contributed by atoms with E-state index >= 15 is 0 Å². The molecular formula is C7H7N. The molecule has 40 valence electrons. The Bertz CT molecular complexity index is 146. The Hall–Kier alpha value is -1.29. The lowest BCUT2D eigenvalue weighted by Gasteiger charge is -1.64. The van der Waals surface area contributed by atoms with Crippen molar-refractivity contribution in [2.24, 2.45) is 0 Å². The van der Waals surface area contributed by atoms with Crippen LogP contribution >= 0.6 is 0 Å². The Morgan fingerprint density at radius 3 is 2.50 bits per heavy atom. The van der Waals surface area contributed by atoms with Crippen LogP contribution in [-0.4, -0.2) is 0 Å². The molecule has 0 N–H and O–H groups in total. The van der Waals surface area contributed by atoms with Crippen molar-refractivity contribution in [1.29, 1.82) is 5.26 Å². The molecule has 0 amide bonds. The molecule has 0 heterocycles. The number of allylic oxidation sites excluding steroid dienone is 5. The number of nitrogens with zero attached hydrogens (tertiary/aromatic N) is 1. The van der Waals surface area contributed by atoms with Crippen LogP contribution in [0.4, 0.5) is 0 Å². The molecule has 1 nitrogen and oxygen atoms in total. The van der Waals surface area contributed by atoms with Gasteiger partial charge in [-0.25, -0.2) is 0 Å². The van der Waals surface area contributed by atoms with Gasteiger partial charge in [-0.2, -0.15) is 5.26 Å². The molecule has 0 aromatic heterocycles. The second-order valence-electron chi connectivity index (χ2n) is 1.11. The van der Waals surface area contributed by atoms with Crippen LogP contribution in [0.3, 0.4) is 0 Å². The van der Waals surface area contributed by atoms with E-state index in [2.05, 4.69) is 6.58 Å². The third-order valence-corrected chi connectivity index (χ3v) is 0.529. The summed E-state index contributed by atoms with van der Waals surface area (Å²) in [5.41, 5.74) is 0. The van der Waals surface area contributed by atoms with E-state index < -0.39 is 0 Å². The van der Waals surface area contributed by atoms with Gasteiger partial charge in [-0.3, -0.25) is 0 Å². The molecule has 0 radical (unpaired) electrons. The highest BCUT2D eigenvalue weighted by molar-refractivity contribution is 5.14. The van der Waals surface area contributed by atoms with Gasteiger partial charge in [0.1, 0.15) is 0 Å². The van der Waals surface area contributed by atoms with Crippen LogP contribution in [0, 0.1) is 11.3 Å². The quantitative estimate of drug-likeness (QED) is 0.388. The number of nitriles is 1. The molecular weight excluding hydrogens is 98.1 g/mol. The highest BCUT2D eigenvalue weighted by Crippen LogP contribution is 1.74. The highest BCUT2D eigenvalue weighted by Gasteiger charge is 1.56. The van der Waals surface area contributed by atoms with Gasteiger partial charge in [-0.05, 0) is 0 Å². The van der Waals surface area contributed by atoms with Crippen molar-refractivity contribution >= 4 is 0 Å². The molecule has 0 rings (SSSR count). The van der Waals surface area contributed by atoms with Crippen molar-refractivity contribution in [1.82, 2.24) is 0 Å². The van der Waals surface area contributed by atoms with Crippen LogP contribution in [-0.2, 0) is 0 Å². The van der Waals surface area contributed by atoms with Crippen LogP contribution in [0.25, 0.3) is 0 Å². The Morgan fingerprint density at radius 2 is 2.00 bits per heavy atom. The van der Waals surface area contributed by atoms with Gasteiger partial charge in [0.05, 0.1) is 6.07 Å². The molecule has 0 aromatic carbocycles. The van der Waals surface area contributed by atoms with E-state index in [0.29, 0.717) is 0 Å². The maximum Gasteiger partial charge on any atom is 0.0912 e.